The van der Waals surface area contributed by atoms with E-state index in [0.717, 1.165) is 11.1 Å². The summed E-state index contributed by atoms with van der Waals surface area (Å²) >= 11 is 6.19. The van der Waals surface area contributed by atoms with Crippen molar-refractivity contribution < 1.29 is 4.92 Å². The highest BCUT2D eigenvalue weighted by Gasteiger charge is 2.18. The van der Waals surface area contributed by atoms with Crippen molar-refractivity contribution in [3.63, 3.8) is 0 Å². The van der Waals surface area contributed by atoms with Gasteiger partial charge in [0, 0.05) is 16.7 Å². The monoisotopic (exact) mass is 373 g/mol. The van der Waals surface area contributed by atoms with E-state index >= 15 is 0 Å². The summed E-state index contributed by atoms with van der Waals surface area (Å²) in [5.74, 6) is 0. The Bertz CT molecular complexity index is 1030. The van der Waals surface area contributed by atoms with Crippen molar-refractivity contribution in [2.24, 2.45) is 0 Å². The number of halogens is 1. The van der Waals surface area contributed by atoms with Gasteiger partial charge < -0.3 is 0 Å². The Kier molecular flexibility index (Phi) is 4.85. The summed E-state index contributed by atoms with van der Waals surface area (Å²) in [5.41, 5.74) is 1.69. The highest BCUT2D eigenvalue weighted by atomic mass is 35.5. The number of nitro groups is 1. The molecule has 134 valence electrons. The second-order valence-corrected chi connectivity index (χ2v) is 6.35. The number of benzene rings is 2. The fourth-order valence-electron chi connectivity index (χ4n) is 2.77. The molecule has 8 nitrogen and oxygen atoms in total. The average molecular weight is 374 g/mol. The first-order chi connectivity index (χ1) is 12.4. The van der Waals surface area contributed by atoms with Crippen molar-refractivity contribution >= 4 is 17.3 Å². The number of nitro benzene ring substituents is 1. The van der Waals surface area contributed by atoms with E-state index in [9.17, 15) is 14.9 Å². The molecular weight excluding hydrogens is 358 g/mol. The maximum Gasteiger partial charge on any atom is 0.364 e. The molecule has 0 saturated carbocycles. The Morgan fingerprint density at radius 2 is 1.96 bits per heavy atom. The first kappa shape index (κ1) is 17.8. The molecule has 1 aromatic heterocycles. The maximum atomic E-state index is 12.6. The molecule has 0 radical (unpaired) electrons. The normalized spacial score (nSPS) is 12.1. The topological polar surface area (TPSA) is 95.8 Å². The summed E-state index contributed by atoms with van der Waals surface area (Å²) in [4.78, 5) is 23.1. The van der Waals surface area contributed by atoms with Gasteiger partial charge in [-0.2, -0.15) is 9.36 Å². The Morgan fingerprint density at radius 3 is 2.62 bits per heavy atom. The zero-order chi connectivity index (χ0) is 18.8. The number of hydrogen-bond donors (Lipinski definition) is 0. The van der Waals surface area contributed by atoms with Gasteiger partial charge in [-0.3, -0.25) is 10.1 Å². The number of aryl methyl sites for hydroxylation is 1. The summed E-state index contributed by atoms with van der Waals surface area (Å²) in [6.45, 7) is 3.64. The molecule has 0 spiro atoms. The molecule has 1 heterocycles. The summed E-state index contributed by atoms with van der Waals surface area (Å²) < 4.78 is 2.48. The van der Waals surface area contributed by atoms with Crippen LogP contribution in [0, 0.1) is 17.0 Å². The Morgan fingerprint density at radius 1 is 1.23 bits per heavy atom. The minimum atomic E-state index is -0.438. The van der Waals surface area contributed by atoms with Crippen LogP contribution in [-0.4, -0.2) is 24.7 Å². The molecule has 9 heteroatoms. The van der Waals surface area contributed by atoms with E-state index in [0.29, 0.717) is 10.6 Å². The second-order valence-electron chi connectivity index (χ2n) is 5.94. The maximum absolute atomic E-state index is 12.6. The van der Waals surface area contributed by atoms with Crippen LogP contribution in [0.5, 0.6) is 0 Å². The van der Waals surface area contributed by atoms with E-state index in [1.54, 1.807) is 25.1 Å². The molecule has 1 unspecified atom stereocenters. The zero-order valence-corrected chi connectivity index (χ0v) is 14.9. The predicted molar refractivity (Wildman–Crippen MR) is 96.5 cm³/mol. The van der Waals surface area contributed by atoms with E-state index in [-0.39, 0.29) is 24.0 Å². The molecule has 0 aliphatic carbocycles. The van der Waals surface area contributed by atoms with E-state index in [1.807, 2.05) is 25.1 Å². The van der Waals surface area contributed by atoms with Crippen molar-refractivity contribution in [3.05, 3.63) is 84.8 Å². The summed E-state index contributed by atoms with van der Waals surface area (Å²) in [7, 11) is 0. The first-order valence-corrected chi connectivity index (χ1v) is 8.27. The minimum Gasteiger partial charge on any atom is -0.258 e. The molecule has 3 aromatic rings. The third-order valence-electron chi connectivity index (χ3n) is 4.17. The predicted octanol–water partition coefficient (Wildman–Crippen LogP) is 2.97. The van der Waals surface area contributed by atoms with E-state index in [4.69, 9.17) is 11.6 Å². The van der Waals surface area contributed by atoms with Gasteiger partial charge in [0.15, 0.2) is 0 Å². The van der Waals surface area contributed by atoms with Crippen LogP contribution in [0.3, 0.4) is 0 Å². The van der Waals surface area contributed by atoms with Crippen molar-refractivity contribution in [2.75, 3.05) is 0 Å². The van der Waals surface area contributed by atoms with Crippen LogP contribution in [0.15, 0.2) is 47.3 Å². The summed E-state index contributed by atoms with van der Waals surface area (Å²) in [5, 5.41) is 19.3. The number of tetrazole rings is 1. The molecule has 3 rings (SSSR count). The van der Waals surface area contributed by atoms with Crippen LogP contribution in [0.25, 0.3) is 0 Å². The van der Waals surface area contributed by atoms with E-state index in [2.05, 4.69) is 10.4 Å². The number of rotatable bonds is 5. The molecule has 0 bridgehead atoms. The third-order valence-corrected chi connectivity index (χ3v) is 4.52. The zero-order valence-electron chi connectivity index (χ0n) is 14.2. The number of hydrogen-bond acceptors (Lipinski definition) is 5. The van der Waals surface area contributed by atoms with Gasteiger partial charge in [-0.15, -0.1) is 0 Å². The van der Waals surface area contributed by atoms with E-state index in [1.165, 1.54) is 15.4 Å². The quantitative estimate of drug-likeness (QED) is 0.506. The lowest BCUT2D eigenvalue weighted by Crippen LogP contribution is -2.28. The van der Waals surface area contributed by atoms with Gasteiger partial charge in [-0.1, -0.05) is 35.9 Å². The Hall–Kier alpha value is -3.00. The van der Waals surface area contributed by atoms with Crippen molar-refractivity contribution in [1.82, 2.24) is 19.8 Å². The van der Waals surface area contributed by atoms with Crippen molar-refractivity contribution in [1.29, 1.82) is 0 Å². The van der Waals surface area contributed by atoms with Crippen LogP contribution in [0.2, 0.25) is 5.02 Å². The number of nitrogens with zero attached hydrogens (tertiary/aromatic N) is 5. The second kappa shape index (κ2) is 7.09. The highest BCUT2D eigenvalue weighted by molar-refractivity contribution is 6.31. The van der Waals surface area contributed by atoms with Crippen molar-refractivity contribution in [2.45, 2.75) is 26.4 Å². The molecule has 0 aliphatic rings. The van der Waals surface area contributed by atoms with Gasteiger partial charge in [0.2, 0.25) is 0 Å². The van der Waals surface area contributed by atoms with Crippen LogP contribution in [-0.2, 0) is 6.54 Å². The third kappa shape index (κ3) is 3.36. The highest BCUT2D eigenvalue weighted by Crippen LogP contribution is 2.24. The van der Waals surface area contributed by atoms with Gasteiger partial charge in [0.1, 0.15) is 0 Å². The summed E-state index contributed by atoms with van der Waals surface area (Å²) in [6, 6.07) is 11.6. The van der Waals surface area contributed by atoms with Crippen LogP contribution in [0.1, 0.15) is 29.7 Å². The molecule has 2 aromatic carbocycles. The average Bonchev–Trinajstić information content (AvgIpc) is 2.95. The van der Waals surface area contributed by atoms with Gasteiger partial charge in [0.25, 0.3) is 5.69 Å². The first-order valence-electron chi connectivity index (χ1n) is 7.89. The molecule has 0 aliphatic heterocycles. The Balaban J connectivity index is 1.88. The lowest BCUT2D eigenvalue weighted by atomic mass is 10.1. The van der Waals surface area contributed by atoms with Crippen LogP contribution >= 0.6 is 11.6 Å². The summed E-state index contributed by atoms with van der Waals surface area (Å²) in [6.07, 6.45) is 0. The van der Waals surface area contributed by atoms with Crippen LogP contribution in [0.4, 0.5) is 5.69 Å². The lowest BCUT2D eigenvalue weighted by molar-refractivity contribution is -0.385. The lowest BCUT2D eigenvalue weighted by Gasteiger charge is -2.11. The molecule has 0 amide bonds. The molecule has 0 N–H and O–H groups in total. The largest absolute Gasteiger partial charge is 0.364 e. The molecule has 0 fully saturated rings. The van der Waals surface area contributed by atoms with Crippen LogP contribution < -0.4 is 5.69 Å². The minimum absolute atomic E-state index is 0.0390. The smallest absolute Gasteiger partial charge is 0.258 e. The molecule has 0 saturated heterocycles. The number of aromatic nitrogens is 4. The van der Waals surface area contributed by atoms with Gasteiger partial charge in [-0.05, 0) is 47.5 Å². The standard InChI is InChI=1S/C17H16ClN5O3/c1-11-9-13(7-8-16(11)23(25)26)10-21-17(24)22(20-19-21)12(2)14-5-3-4-6-15(14)18/h3-9,12H,10H2,1-2H3. The SMILES string of the molecule is Cc1cc(Cn2nnn(C(C)c3ccccc3Cl)c2=O)ccc1[N+](=O)[O-]. The molecule has 1 atom stereocenters. The molecular formula is C17H16ClN5O3. The van der Waals surface area contributed by atoms with E-state index < -0.39 is 4.92 Å². The van der Waals surface area contributed by atoms with Crippen molar-refractivity contribution in [3.8, 4) is 0 Å². The van der Waals surface area contributed by atoms with Gasteiger partial charge in [-0.25, -0.2) is 4.79 Å². The Labute approximate surface area is 153 Å². The van der Waals surface area contributed by atoms with Gasteiger partial charge in [0.05, 0.1) is 17.5 Å². The molecule has 26 heavy (non-hydrogen) atoms. The van der Waals surface area contributed by atoms with Gasteiger partial charge >= 0.3 is 5.69 Å². The fraction of sp³-hybridized carbons (Fsp3) is 0.235. The fourth-order valence-corrected chi connectivity index (χ4v) is 3.06.